The molecule has 0 aromatic carbocycles. The minimum Gasteiger partial charge on any atom is -0.746 e. The van der Waals surface area contributed by atoms with Crippen LogP contribution in [0.3, 0.4) is 0 Å². The van der Waals surface area contributed by atoms with Gasteiger partial charge in [0.15, 0.2) is 5.50 Å². The summed E-state index contributed by atoms with van der Waals surface area (Å²) in [5.74, 6) is 0. The fraction of sp³-hybridized carbons (Fsp3) is 1.00. The van der Waals surface area contributed by atoms with E-state index < -0.39 is 15.6 Å². The molecule has 0 aliphatic heterocycles. The molecule has 0 spiro atoms. The Kier molecular flexibility index (Phi) is 6.94. The molecule has 0 bridgehead atoms. The van der Waals surface area contributed by atoms with Crippen LogP contribution in [0.4, 0.5) is 4.39 Å². The van der Waals surface area contributed by atoms with Gasteiger partial charge in [-0.25, -0.2) is 12.8 Å². The van der Waals surface area contributed by atoms with Gasteiger partial charge in [-0.15, -0.1) is 0 Å². The first-order chi connectivity index (χ1) is 3.98. The smallest absolute Gasteiger partial charge is 0.746 e. The summed E-state index contributed by atoms with van der Waals surface area (Å²) < 4.78 is 41.4. The molecule has 66 valence electrons. The maximum atomic E-state index is 12.0. The van der Waals surface area contributed by atoms with E-state index in [2.05, 4.69) is 0 Å². The standard InChI is InChI=1S/C4H9FO3S.Ag/c1-2-3-4(5)9(6,7)8;/h4H,2-3H2,1H3,(H,6,7,8);/q;+1/p-1. The normalized spacial score (nSPS) is 13.9. The summed E-state index contributed by atoms with van der Waals surface area (Å²) >= 11 is 0. The summed E-state index contributed by atoms with van der Waals surface area (Å²) in [6, 6.07) is 0. The van der Waals surface area contributed by atoms with Gasteiger partial charge in [0.1, 0.15) is 10.1 Å². The topological polar surface area (TPSA) is 57.2 Å². The van der Waals surface area contributed by atoms with Crippen molar-refractivity contribution >= 4 is 10.1 Å². The van der Waals surface area contributed by atoms with Crippen LogP contribution in [0.25, 0.3) is 0 Å². The first kappa shape index (κ1) is 13.2. The van der Waals surface area contributed by atoms with Crippen molar-refractivity contribution in [2.75, 3.05) is 0 Å². The Morgan fingerprint density at radius 2 is 2.00 bits per heavy atom. The minimum absolute atomic E-state index is 0. The molecular weight excluding hydrogens is 255 g/mol. The van der Waals surface area contributed by atoms with E-state index in [1.165, 1.54) is 0 Å². The van der Waals surface area contributed by atoms with Gasteiger partial charge in [-0.05, 0) is 6.42 Å². The molecule has 0 rings (SSSR count). The van der Waals surface area contributed by atoms with E-state index in [4.69, 9.17) is 0 Å². The summed E-state index contributed by atoms with van der Waals surface area (Å²) in [7, 11) is -4.68. The van der Waals surface area contributed by atoms with Crippen LogP contribution >= 0.6 is 0 Å². The quantitative estimate of drug-likeness (QED) is 0.554. The van der Waals surface area contributed by atoms with Crippen molar-refractivity contribution in [2.24, 2.45) is 0 Å². The molecule has 1 atom stereocenters. The fourth-order valence-electron chi connectivity index (χ4n) is 0.371. The Balaban J connectivity index is 0. The van der Waals surface area contributed by atoms with Crippen LogP contribution in [0, 0.1) is 0 Å². The molecular formula is C4H8AgFO3S. The van der Waals surface area contributed by atoms with Crippen LogP contribution in [0.5, 0.6) is 0 Å². The average Bonchev–Trinajstić information content (AvgIpc) is 1.64. The molecule has 0 aromatic rings. The molecule has 6 heteroatoms. The SMILES string of the molecule is CCCC(F)S(=O)(=O)[O-].[Ag+]. The molecule has 0 heterocycles. The van der Waals surface area contributed by atoms with Gasteiger partial charge in [-0.3, -0.25) is 0 Å². The second kappa shape index (κ2) is 5.26. The third-order valence-corrected chi connectivity index (χ3v) is 1.69. The maximum Gasteiger partial charge on any atom is 1.00 e. The summed E-state index contributed by atoms with van der Waals surface area (Å²) in [6.07, 6.45) is 0.161. The zero-order valence-electron chi connectivity index (χ0n) is 5.30. The van der Waals surface area contributed by atoms with Gasteiger partial charge in [0.25, 0.3) is 0 Å². The molecule has 10 heavy (non-hydrogen) atoms. The van der Waals surface area contributed by atoms with Crippen molar-refractivity contribution in [1.82, 2.24) is 0 Å². The van der Waals surface area contributed by atoms with Crippen molar-refractivity contribution in [3.8, 4) is 0 Å². The summed E-state index contributed by atoms with van der Waals surface area (Å²) in [6.45, 7) is 1.61. The molecule has 0 saturated carbocycles. The number of alkyl halides is 1. The molecule has 0 aliphatic carbocycles. The second-order valence-electron chi connectivity index (χ2n) is 1.69. The Labute approximate surface area is 75.3 Å². The zero-order valence-corrected chi connectivity index (χ0v) is 7.60. The van der Waals surface area contributed by atoms with Gasteiger partial charge in [0.05, 0.1) is 0 Å². The van der Waals surface area contributed by atoms with E-state index >= 15 is 0 Å². The molecule has 0 saturated heterocycles. The predicted octanol–water partition coefficient (Wildman–Crippen LogP) is 0.625. The zero-order chi connectivity index (χ0) is 7.49. The van der Waals surface area contributed by atoms with Gasteiger partial charge in [0.2, 0.25) is 0 Å². The van der Waals surface area contributed by atoms with E-state index in [0.717, 1.165) is 0 Å². The molecule has 1 unspecified atom stereocenters. The second-order valence-corrected chi connectivity index (χ2v) is 3.19. The summed E-state index contributed by atoms with van der Waals surface area (Å²) in [4.78, 5) is 0. The van der Waals surface area contributed by atoms with Crippen LogP contribution in [0.15, 0.2) is 0 Å². The molecule has 0 aliphatic rings. The van der Waals surface area contributed by atoms with Gasteiger partial charge in [-0.2, -0.15) is 0 Å². The monoisotopic (exact) mass is 262 g/mol. The molecule has 0 aromatic heterocycles. The average molecular weight is 263 g/mol. The first-order valence-electron chi connectivity index (χ1n) is 2.57. The number of hydrogen-bond donors (Lipinski definition) is 0. The van der Waals surface area contributed by atoms with E-state index in [9.17, 15) is 17.4 Å². The van der Waals surface area contributed by atoms with Crippen LogP contribution in [0.1, 0.15) is 19.8 Å². The third kappa shape index (κ3) is 5.37. The Hall–Kier alpha value is 0.580. The summed E-state index contributed by atoms with van der Waals surface area (Å²) in [5, 5.41) is 0. The first-order valence-corrected chi connectivity index (χ1v) is 4.04. The molecule has 0 fully saturated rings. The number of rotatable bonds is 3. The fourth-order valence-corrected chi connectivity index (χ4v) is 0.896. The molecule has 0 radical (unpaired) electrons. The Bertz CT molecular complexity index is 167. The van der Waals surface area contributed by atoms with Crippen molar-refractivity contribution in [3.63, 3.8) is 0 Å². The van der Waals surface area contributed by atoms with Crippen LogP contribution in [0.2, 0.25) is 0 Å². The Morgan fingerprint density at radius 1 is 1.60 bits per heavy atom. The van der Waals surface area contributed by atoms with E-state index in [1.807, 2.05) is 0 Å². The Morgan fingerprint density at radius 3 is 2.10 bits per heavy atom. The number of halogens is 1. The van der Waals surface area contributed by atoms with Crippen LogP contribution in [-0.2, 0) is 32.5 Å². The largest absolute Gasteiger partial charge is 1.00 e. The van der Waals surface area contributed by atoms with Gasteiger partial charge < -0.3 is 4.55 Å². The van der Waals surface area contributed by atoms with Crippen molar-refractivity contribution in [1.29, 1.82) is 0 Å². The van der Waals surface area contributed by atoms with Crippen LogP contribution < -0.4 is 0 Å². The molecule has 0 N–H and O–H groups in total. The van der Waals surface area contributed by atoms with Crippen molar-refractivity contribution in [3.05, 3.63) is 0 Å². The minimum atomic E-state index is -4.68. The summed E-state index contributed by atoms with van der Waals surface area (Å²) in [5.41, 5.74) is -2.22. The molecule has 3 nitrogen and oxygen atoms in total. The third-order valence-electron chi connectivity index (χ3n) is 0.829. The van der Waals surface area contributed by atoms with Crippen molar-refractivity contribution < 1.29 is 39.7 Å². The predicted molar refractivity (Wildman–Crippen MR) is 29.5 cm³/mol. The van der Waals surface area contributed by atoms with E-state index in [0.29, 0.717) is 6.42 Å². The van der Waals surface area contributed by atoms with Crippen LogP contribution in [-0.4, -0.2) is 18.5 Å². The van der Waals surface area contributed by atoms with Gasteiger partial charge in [-0.1, -0.05) is 13.3 Å². The number of hydrogen-bond acceptors (Lipinski definition) is 3. The maximum absolute atomic E-state index is 12.0. The molecule has 0 amide bonds. The van der Waals surface area contributed by atoms with E-state index in [-0.39, 0.29) is 28.8 Å². The van der Waals surface area contributed by atoms with Gasteiger partial charge in [0, 0.05) is 0 Å². The van der Waals surface area contributed by atoms with Gasteiger partial charge >= 0.3 is 22.4 Å². The van der Waals surface area contributed by atoms with Crippen molar-refractivity contribution in [2.45, 2.75) is 25.3 Å². The van der Waals surface area contributed by atoms with E-state index in [1.54, 1.807) is 6.92 Å².